The predicted molar refractivity (Wildman–Crippen MR) is 78.4 cm³/mol. The molecule has 1 nitrogen and oxygen atoms in total. The Labute approximate surface area is 123 Å². The third kappa shape index (κ3) is 2.23. The van der Waals surface area contributed by atoms with Gasteiger partial charge in [-0.1, -0.05) is 41.9 Å². The zero-order valence-electron chi connectivity index (χ0n) is 11.1. The largest absolute Gasteiger partial charge is 0.380 e. The lowest BCUT2D eigenvalue weighted by atomic mass is 9.81. The monoisotopic (exact) mass is 290 g/mol. The molecule has 0 aromatic heterocycles. The minimum atomic E-state index is -1.26. The summed E-state index contributed by atoms with van der Waals surface area (Å²) in [6.45, 7) is 0. The first-order valence-electron chi connectivity index (χ1n) is 6.87. The van der Waals surface area contributed by atoms with Crippen LogP contribution in [0.5, 0.6) is 0 Å². The molecule has 1 atom stereocenters. The second-order valence-electron chi connectivity index (χ2n) is 5.35. The molecule has 0 heterocycles. The van der Waals surface area contributed by atoms with E-state index < -0.39 is 11.4 Å². The lowest BCUT2D eigenvalue weighted by Crippen LogP contribution is -2.28. The van der Waals surface area contributed by atoms with Crippen LogP contribution in [0.3, 0.4) is 0 Å². The molecule has 1 unspecified atom stereocenters. The molecule has 3 heteroatoms. The first-order chi connectivity index (χ1) is 9.61. The second-order valence-corrected chi connectivity index (χ2v) is 5.79. The van der Waals surface area contributed by atoms with Gasteiger partial charge in [-0.25, -0.2) is 4.39 Å². The molecule has 0 aliphatic heterocycles. The first kappa shape index (κ1) is 13.6. The van der Waals surface area contributed by atoms with Crippen molar-refractivity contribution in [2.45, 2.75) is 31.3 Å². The molecule has 2 aromatic rings. The summed E-state index contributed by atoms with van der Waals surface area (Å²) in [5, 5.41) is 11.5. The van der Waals surface area contributed by atoms with Gasteiger partial charge in [-0.3, -0.25) is 0 Å². The summed E-state index contributed by atoms with van der Waals surface area (Å²) in [5.41, 5.74) is 0.971. The van der Waals surface area contributed by atoms with E-state index in [0.29, 0.717) is 17.0 Å². The third-order valence-electron chi connectivity index (χ3n) is 4.07. The molecular formula is C17H16ClFO. The maximum absolute atomic E-state index is 14.3. The Morgan fingerprint density at radius 2 is 1.85 bits per heavy atom. The molecule has 2 aromatic carbocycles. The Bertz CT molecular complexity index is 641. The fourth-order valence-electron chi connectivity index (χ4n) is 3.08. The Balaban J connectivity index is 2.19. The van der Waals surface area contributed by atoms with Crippen LogP contribution in [0.1, 0.15) is 36.0 Å². The summed E-state index contributed by atoms with van der Waals surface area (Å²) in [7, 11) is 0. The molecule has 1 N–H and O–H groups in total. The van der Waals surface area contributed by atoms with E-state index >= 15 is 0 Å². The average Bonchev–Trinajstić information content (AvgIpc) is 2.59. The van der Waals surface area contributed by atoms with Gasteiger partial charge in [0.05, 0.1) is 0 Å². The Morgan fingerprint density at radius 1 is 1.05 bits per heavy atom. The molecule has 0 amide bonds. The highest BCUT2D eigenvalue weighted by Gasteiger charge is 2.36. The Morgan fingerprint density at radius 3 is 2.65 bits per heavy atom. The van der Waals surface area contributed by atoms with Crippen LogP contribution in [0.2, 0.25) is 5.02 Å². The lowest BCUT2D eigenvalue weighted by molar-refractivity contribution is 0.0666. The summed E-state index contributed by atoms with van der Waals surface area (Å²) in [4.78, 5) is 0. The number of hydrogen-bond acceptors (Lipinski definition) is 1. The fraction of sp³-hybridized carbons (Fsp3) is 0.294. The minimum absolute atomic E-state index is 0.316. The molecule has 0 bridgehead atoms. The quantitative estimate of drug-likeness (QED) is 0.770. The number of aryl methyl sites for hydroxylation is 1. The normalized spacial score (nSPS) is 22.1. The molecule has 0 radical (unpaired) electrons. The van der Waals surface area contributed by atoms with Gasteiger partial charge in [0, 0.05) is 10.6 Å². The average molecular weight is 291 g/mol. The topological polar surface area (TPSA) is 20.2 Å². The van der Waals surface area contributed by atoms with Gasteiger partial charge in [0.15, 0.2) is 0 Å². The SMILES string of the molecule is OC1(c2ccc(Cl)cc2F)CCCCc2ccccc21. The smallest absolute Gasteiger partial charge is 0.131 e. The van der Waals surface area contributed by atoms with Crippen LogP contribution >= 0.6 is 11.6 Å². The molecule has 1 aliphatic carbocycles. The standard InChI is InChI=1S/C17H16ClFO/c18-13-8-9-15(16(19)11-13)17(20)10-4-3-6-12-5-1-2-7-14(12)17/h1-2,5,7-9,11,20H,3-4,6,10H2. The van der Waals surface area contributed by atoms with Crippen molar-refractivity contribution < 1.29 is 9.50 Å². The highest BCUT2D eigenvalue weighted by Crippen LogP contribution is 2.40. The molecule has 20 heavy (non-hydrogen) atoms. The van der Waals surface area contributed by atoms with E-state index in [1.165, 1.54) is 6.07 Å². The molecular weight excluding hydrogens is 275 g/mol. The van der Waals surface area contributed by atoms with Gasteiger partial charge >= 0.3 is 0 Å². The van der Waals surface area contributed by atoms with Crippen molar-refractivity contribution in [2.75, 3.05) is 0 Å². The molecule has 0 fully saturated rings. The summed E-state index contributed by atoms with van der Waals surface area (Å²) in [6.07, 6.45) is 3.33. The van der Waals surface area contributed by atoms with Crippen LogP contribution in [0.25, 0.3) is 0 Å². The van der Waals surface area contributed by atoms with Crippen molar-refractivity contribution in [1.82, 2.24) is 0 Å². The number of benzene rings is 2. The van der Waals surface area contributed by atoms with E-state index in [2.05, 4.69) is 0 Å². The molecule has 0 saturated heterocycles. The Kier molecular flexibility index (Phi) is 3.53. The van der Waals surface area contributed by atoms with E-state index in [4.69, 9.17) is 11.6 Å². The van der Waals surface area contributed by atoms with E-state index in [1.807, 2.05) is 24.3 Å². The summed E-state index contributed by atoms with van der Waals surface area (Å²) in [5.74, 6) is -0.447. The van der Waals surface area contributed by atoms with Crippen LogP contribution in [0.15, 0.2) is 42.5 Å². The molecule has 3 rings (SSSR count). The summed E-state index contributed by atoms with van der Waals surface area (Å²) >= 11 is 5.81. The van der Waals surface area contributed by atoms with E-state index in [1.54, 1.807) is 12.1 Å². The number of hydrogen-bond donors (Lipinski definition) is 1. The predicted octanol–water partition coefficient (Wildman–Crippen LogP) is 4.44. The van der Waals surface area contributed by atoms with Crippen molar-refractivity contribution in [3.05, 3.63) is 70.0 Å². The minimum Gasteiger partial charge on any atom is -0.380 e. The number of aliphatic hydroxyl groups is 1. The molecule has 0 saturated carbocycles. The molecule has 104 valence electrons. The van der Waals surface area contributed by atoms with Crippen LogP contribution in [-0.4, -0.2) is 5.11 Å². The van der Waals surface area contributed by atoms with Gasteiger partial charge in [0.2, 0.25) is 0 Å². The van der Waals surface area contributed by atoms with Gasteiger partial charge in [-0.05, 0) is 48.9 Å². The van der Waals surface area contributed by atoms with Gasteiger partial charge in [-0.2, -0.15) is 0 Å². The lowest BCUT2D eigenvalue weighted by Gasteiger charge is -2.30. The summed E-state index contributed by atoms with van der Waals surface area (Å²) < 4.78 is 14.3. The zero-order valence-corrected chi connectivity index (χ0v) is 11.8. The first-order valence-corrected chi connectivity index (χ1v) is 7.25. The molecule has 1 aliphatic rings. The van der Waals surface area contributed by atoms with Crippen LogP contribution < -0.4 is 0 Å². The number of fused-ring (bicyclic) bond motifs is 1. The van der Waals surface area contributed by atoms with Crippen molar-refractivity contribution in [1.29, 1.82) is 0 Å². The zero-order chi connectivity index (χ0) is 14.2. The van der Waals surface area contributed by atoms with Gasteiger partial charge < -0.3 is 5.11 Å². The second kappa shape index (κ2) is 5.19. The third-order valence-corrected chi connectivity index (χ3v) is 4.31. The van der Waals surface area contributed by atoms with E-state index in [0.717, 1.165) is 30.4 Å². The van der Waals surface area contributed by atoms with Crippen molar-refractivity contribution >= 4 is 11.6 Å². The number of rotatable bonds is 1. The maximum atomic E-state index is 14.3. The van der Waals surface area contributed by atoms with E-state index in [9.17, 15) is 9.50 Å². The van der Waals surface area contributed by atoms with Crippen molar-refractivity contribution in [3.63, 3.8) is 0 Å². The highest BCUT2D eigenvalue weighted by molar-refractivity contribution is 6.30. The van der Waals surface area contributed by atoms with Gasteiger partial charge in [-0.15, -0.1) is 0 Å². The van der Waals surface area contributed by atoms with Crippen LogP contribution in [0.4, 0.5) is 4.39 Å². The fourth-order valence-corrected chi connectivity index (χ4v) is 3.24. The van der Waals surface area contributed by atoms with Crippen LogP contribution in [0, 0.1) is 5.82 Å². The summed E-state index contributed by atoms with van der Waals surface area (Å²) in [6, 6.07) is 12.3. The molecule has 0 spiro atoms. The van der Waals surface area contributed by atoms with E-state index in [-0.39, 0.29) is 0 Å². The maximum Gasteiger partial charge on any atom is 0.131 e. The Hall–Kier alpha value is -1.38. The van der Waals surface area contributed by atoms with Crippen LogP contribution in [-0.2, 0) is 12.0 Å². The van der Waals surface area contributed by atoms with Gasteiger partial charge in [0.25, 0.3) is 0 Å². The highest BCUT2D eigenvalue weighted by atomic mass is 35.5. The van der Waals surface area contributed by atoms with Gasteiger partial charge in [0.1, 0.15) is 11.4 Å². The van der Waals surface area contributed by atoms with Crippen molar-refractivity contribution in [2.24, 2.45) is 0 Å². The number of halogens is 2. The van der Waals surface area contributed by atoms with Crippen molar-refractivity contribution in [3.8, 4) is 0 Å².